The second kappa shape index (κ2) is 5.78. The minimum atomic E-state index is -0.812. The van der Waals surface area contributed by atoms with Crippen LogP contribution in [0.25, 0.3) is 0 Å². The van der Waals surface area contributed by atoms with Gasteiger partial charge in [0.25, 0.3) is 5.91 Å². The fourth-order valence-electron chi connectivity index (χ4n) is 3.52. The fourth-order valence-corrected chi connectivity index (χ4v) is 3.52. The van der Waals surface area contributed by atoms with E-state index in [2.05, 4.69) is 24.1 Å². The lowest BCUT2D eigenvalue weighted by atomic mass is 9.96. The van der Waals surface area contributed by atoms with Crippen LogP contribution >= 0.6 is 0 Å². The third kappa shape index (κ3) is 2.94. The van der Waals surface area contributed by atoms with E-state index in [1.165, 1.54) is 0 Å². The number of hydrogen-bond acceptors (Lipinski definition) is 4. The van der Waals surface area contributed by atoms with Gasteiger partial charge in [-0.1, -0.05) is 0 Å². The summed E-state index contributed by atoms with van der Waals surface area (Å²) in [5.74, 6) is -0.176. The second-order valence-electron chi connectivity index (χ2n) is 7.31. The quantitative estimate of drug-likeness (QED) is 0.754. The summed E-state index contributed by atoms with van der Waals surface area (Å²) in [7, 11) is 0. The first-order valence-electron chi connectivity index (χ1n) is 8.49. The average molecular weight is 322 g/mol. The molecule has 7 heteroatoms. The monoisotopic (exact) mass is 322 g/mol. The molecular weight excluding hydrogens is 296 g/mol. The number of urea groups is 1. The molecule has 4 amide bonds. The Morgan fingerprint density at radius 2 is 1.83 bits per heavy atom. The molecule has 0 spiro atoms. The minimum absolute atomic E-state index is 0.142. The summed E-state index contributed by atoms with van der Waals surface area (Å²) in [5, 5.41) is 2.78. The predicted molar refractivity (Wildman–Crippen MR) is 84.7 cm³/mol. The standard InChI is InChI=1S/C16H26N4O3/c1-11(2)18-6-8-19(9-7-18)13(21)10-20-14(22)16(3,12-4-5-12)17-15(20)23/h11-12H,4-10H2,1-3H3,(H,17,23). The van der Waals surface area contributed by atoms with Crippen molar-refractivity contribution >= 4 is 17.8 Å². The molecule has 1 unspecified atom stereocenters. The van der Waals surface area contributed by atoms with Crippen molar-refractivity contribution in [1.82, 2.24) is 20.0 Å². The van der Waals surface area contributed by atoms with Crippen LogP contribution < -0.4 is 5.32 Å². The summed E-state index contributed by atoms with van der Waals surface area (Å²) in [5.41, 5.74) is -0.812. The van der Waals surface area contributed by atoms with Crippen molar-refractivity contribution in [3.63, 3.8) is 0 Å². The van der Waals surface area contributed by atoms with Crippen LogP contribution in [0.2, 0.25) is 0 Å². The molecule has 7 nitrogen and oxygen atoms in total. The van der Waals surface area contributed by atoms with E-state index in [1.54, 1.807) is 11.8 Å². The van der Waals surface area contributed by atoms with Crippen LogP contribution in [-0.4, -0.2) is 76.8 Å². The molecule has 0 bridgehead atoms. The van der Waals surface area contributed by atoms with Gasteiger partial charge in [0, 0.05) is 32.2 Å². The van der Waals surface area contributed by atoms with Crippen LogP contribution in [0.5, 0.6) is 0 Å². The summed E-state index contributed by atoms with van der Waals surface area (Å²) in [6.45, 7) is 8.89. The molecule has 0 aromatic heterocycles. The van der Waals surface area contributed by atoms with Gasteiger partial charge in [-0.3, -0.25) is 19.4 Å². The normalized spacial score (nSPS) is 29.4. The van der Waals surface area contributed by atoms with E-state index in [0.29, 0.717) is 19.1 Å². The first kappa shape index (κ1) is 16.2. The maximum absolute atomic E-state index is 12.5. The molecule has 0 radical (unpaired) electrons. The van der Waals surface area contributed by atoms with Crippen molar-refractivity contribution in [2.75, 3.05) is 32.7 Å². The maximum atomic E-state index is 12.5. The molecule has 3 fully saturated rings. The number of rotatable bonds is 4. The average Bonchev–Trinajstić information content (AvgIpc) is 3.33. The van der Waals surface area contributed by atoms with Crippen molar-refractivity contribution in [3.8, 4) is 0 Å². The van der Waals surface area contributed by atoms with E-state index in [4.69, 9.17) is 0 Å². The molecule has 2 aliphatic heterocycles. The lowest BCUT2D eigenvalue weighted by molar-refractivity contribution is -0.140. The first-order valence-corrected chi connectivity index (χ1v) is 8.49. The van der Waals surface area contributed by atoms with E-state index >= 15 is 0 Å². The molecule has 128 valence electrons. The zero-order valence-corrected chi connectivity index (χ0v) is 14.2. The number of amides is 4. The molecule has 0 aromatic carbocycles. The third-order valence-corrected chi connectivity index (χ3v) is 5.39. The molecule has 1 saturated carbocycles. The molecule has 1 atom stereocenters. The second-order valence-corrected chi connectivity index (χ2v) is 7.31. The van der Waals surface area contributed by atoms with Crippen LogP contribution in [0.1, 0.15) is 33.6 Å². The number of carbonyl (C=O) groups excluding carboxylic acids is 3. The lowest BCUT2D eigenvalue weighted by Crippen LogP contribution is -2.53. The van der Waals surface area contributed by atoms with Crippen LogP contribution in [0, 0.1) is 5.92 Å². The zero-order chi connectivity index (χ0) is 16.8. The van der Waals surface area contributed by atoms with Crippen LogP contribution in [-0.2, 0) is 9.59 Å². The molecule has 1 N–H and O–H groups in total. The van der Waals surface area contributed by atoms with Gasteiger partial charge in [0.2, 0.25) is 5.91 Å². The summed E-state index contributed by atoms with van der Waals surface area (Å²) in [4.78, 5) is 42.3. The molecule has 1 aliphatic carbocycles. The fraction of sp³-hybridized carbons (Fsp3) is 0.812. The molecule has 2 heterocycles. The van der Waals surface area contributed by atoms with Gasteiger partial charge >= 0.3 is 6.03 Å². The van der Waals surface area contributed by atoms with Crippen LogP contribution in [0.4, 0.5) is 4.79 Å². The highest BCUT2D eigenvalue weighted by Crippen LogP contribution is 2.42. The Labute approximate surface area is 137 Å². The number of nitrogens with zero attached hydrogens (tertiary/aromatic N) is 3. The van der Waals surface area contributed by atoms with Gasteiger partial charge in [0.15, 0.2) is 0 Å². The Hall–Kier alpha value is -1.63. The third-order valence-electron chi connectivity index (χ3n) is 5.39. The van der Waals surface area contributed by atoms with Gasteiger partial charge in [0.1, 0.15) is 12.1 Å². The summed E-state index contributed by atoms with van der Waals surface area (Å²) >= 11 is 0. The Morgan fingerprint density at radius 3 is 2.35 bits per heavy atom. The number of nitrogens with one attached hydrogen (secondary N) is 1. The van der Waals surface area contributed by atoms with Crippen molar-refractivity contribution in [3.05, 3.63) is 0 Å². The summed E-state index contributed by atoms with van der Waals surface area (Å²) in [6.07, 6.45) is 1.92. The SMILES string of the molecule is CC(C)N1CCN(C(=O)CN2C(=O)NC(C)(C3CC3)C2=O)CC1. The predicted octanol–water partition coefficient (Wildman–Crippen LogP) is 0.260. The first-order chi connectivity index (χ1) is 10.8. The molecular formula is C16H26N4O3. The minimum Gasteiger partial charge on any atom is -0.339 e. The van der Waals surface area contributed by atoms with Crippen molar-refractivity contribution in [1.29, 1.82) is 0 Å². The van der Waals surface area contributed by atoms with E-state index in [0.717, 1.165) is 30.8 Å². The number of carbonyl (C=O) groups is 3. The summed E-state index contributed by atoms with van der Waals surface area (Å²) < 4.78 is 0. The van der Waals surface area contributed by atoms with Gasteiger partial charge in [-0.05, 0) is 39.5 Å². The highest BCUT2D eigenvalue weighted by molar-refractivity contribution is 6.09. The number of hydrogen-bond donors (Lipinski definition) is 1. The highest BCUT2D eigenvalue weighted by atomic mass is 16.2. The van der Waals surface area contributed by atoms with Gasteiger partial charge in [0.05, 0.1) is 0 Å². The largest absolute Gasteiger partial charge is 0.339 e. The maximum Gasteiger partial charge on any atom is 0.325 e. The van der Waals surface area contributed by atoms with Gasteiger partial charge in [-0.25, -0.2) is 4.79 Å². The lowest BCUT2D eigenvalue weighted by Gasteiger charge is -2.37. The zero-order valence-electron chi connectivity index (χ0n) is 14.2. The summed E-state index contributed by atoms with van der Waals surface area (Å²) in [6, 6.07) is 0.0380. The van der Waals surface area contributed by atoms with Crippen molar-refractivity contribution in [2.24, 2.45) is 5.92 Å². The molecule has 3 aliphatic rings. The Bertz CT molecular complexity index is 523. The Morgan fingerprint density at radius 1 is 1.22 bits per heavy atom. The van der Waals surface area contributed by atoms with E-state index < -0.39 is 11.6 Å². The van der Waals surface area contributed by atoms with E-state index in [1.807, 2.05) is 0 Å². The van der Waals surface area contributed by atoms with Gasteiger partial charge in [-0.2, -0.15) is 0 Å². The van der Waals surface area contributed by atoms with Crippen molar-refractivity contribution in [2.45, 2.75) is 45.2 Å². The van der Waals surface area contributed by atoms with E-state index in [-0.39, 0.29) is 24.3 Å². The van der Waals surface area contributed by atoms with Crippen LogP contribution in [0.3, 0.4) is 0 Å². The van der Waals surface area contributed by atoms with Crippen LogP contribution in [0.15, 0.2) is 0 Å². The molecule has 0 aromatic rings. The van der Waals surface area contributed by atoms with E-state index in [9.17, 15) is 14.4 Å². The van der Waals surface area contributed by atoms with Gasteiger partial charge < -0.3 is 10.2 Å². The molecule has 2 saturated heterocycles. The van der Waals surface area contributed by atoms with Crippen molar-refractivity contribution < 1.29 is 14.4 Å². The molecule has 23 heavy (non-hydrogen) atoms. The molecule has 3 rings (SSSR count). The number of imide groups is 1. The topological polar surface area (TPSA) is 73.0 Å². The highest BCUT2D eigenvalue weighted by Gasteiger charge is 2.56. The smallest absolute Gasteiger partial charge is 0.325 e. The van der Waals surface area contributed by atoms with Gasteiger partial charge in [-0.15, -0.1) is 0 Å². The Kier molecular flexibility index (Phi) is 4.08. The number of piperazine rings is 1. The Balaban J connectivity index is 1.58.